The normalized spacial score (nSPS) is 19.1. The van der Waals surface area contributed by atoms with Gasteiger partial charge in [0.2, 0.25) is 10.0 Å². The van der Waals surface area contributed by atoms with E-state index in [1.54, 1.807) is 12.1 Å². The van der Waals surface area contributed by atoms with Crippen LogP contribution >= 0.6 is 46.0 Å². The highest BCUT2D eigenvalue weighted by atomic mass is 35.5. The van der Waals surface area contributed by atoms with E-state index in [4.69, 9.17) is 56.3 Å². The van der Waals surface area contributed by atoms with Crippen LogP contribution in [0, 0.1) is 11.8 Å². The Morgan fingerprint density at radius 1 is 0.882 bits per heavy atom. The predicted molar refractivity (Wildman–Crippen MR) is 278 cm³/mol. The van der Waals surface area contributed by atoms with Gasteiger partial charge in [-0.3, -0.25) is 22.8 Å². The maximum Gasteiger partial charge on any atom is 0.523 e. The van der Waals surface area contributed by atoms with Gasteiger partial charge in [0.15, 0.2) is 6.29 Å². The van der Waals surface area contributed by atoms with Crippen molar-refractivity contribution in [2.75, 3.05) is 133 Å². The van der Waals surface area contributed by atoms with E-state index in [1.807, 2.05) is 19.9 Å². The number of methoxy groups -OCH3 is 1. The molecular weight excluding hydrogens is 1170 g/mol. The summed E-state index contributed by atoms with van der Waals surface area (Å²) in [5, 5.41) is 23.0. The van der Waals surface area contributed by atoms with E-state index < -0.39 is 85.5 Å². The summed E-state index contributed by atoms with van der Waals surface area (Å²) in [5.41, 5.74) is -4.51. The fourth-order valence-electron chi connectivity index (χ4n) is 6.97. The smallest absolute Gasteiger partial charge is 0.497 e. The highest BCUT2D eigenvalue weighted by molar-refractivity contribution is 7.89. The van der Waals surface area contributed by atoms with E-state index in [9.17, 15) is 53.6 Å². The van der Waals surface area contributed by atoms with Crippen LogP contribution in [0.15, 0.2) is 40.8 Å². The van der Waals surface area contributed by atoms with Crippen molar-refractivity contribution in [3.8, 4) is 5.75 Å². The predicted octanol–water partition coefficient (Wildman–Crippen LogP) is 6.93. The van der Waals surface area contributed by atoms with Gasteiger partial charge in [-0.1, -0.05) is 32.9 Å². The molecule has 0 unspecified atom stereocenters. The molecule has 448 valence electrons. The molecule has 3 N–H and O–H groups in total. The summed E-state index contributed by atoms with van der Waals surface area (Å²) in [5.74, 6) is 0.434. The Balaban J connectivity index is 0.00000159. The van der Waals surface area contributed by atoms with Crippen molar-refractivity contribution in [1.29, 1.82) is 0 Å². The maximum atomic E-state index is 13.8. The Kier molecular flexibility index (Phi) is 35.3. The molecule has 2 saturated heterocycles. The fraction of sp³-hybridized carbons (Fsp3) is 0.786. The van der Waals surface area contributed by atoms with Crippen LogP contribution in [0.25, 0.3) is 0 Å². The zero-order valence-electron chi connectivity index (χ0n) is 43.3. The number of hydrogen-bond donors (Lipinski definition) is 3. The number of sulfonamides is 1. The molecule has 24 nitrogen and oxygen atoms in total. The number of hydrogen-bond acceptors (Lipinski definition) is 22. The van der Waals surface area contributed by atoms with Gasteiger partial charge in [-0.05, 0) is 49.4 Å². The van der Waals surface area contributed by atoms with Crippen LogP contribution in [-0.2, 0) is 79.4 Å². The lowest BCUT2D eigenvalue weighted by molar-refractivity contribution is -0.0907. The van der Waals surface area contributed by atoms with Crippen LogP contribution in [0.3, 0.4) is 0 Å². The molecular formula is C42H77Cl2F3N3O21P3S2. The van der Waals surface area contributed by atoms with E-state index in [1.165, 1.54) is 52.0 Å². The summed E-state index contributed by atoms with van der Waals surface area (Å²) < 4.78 is 173. The molecule has 1 aromatic rings. The van der Waals surface area contributed by atoms with Gasteiger partial charge < -0.3 is 61.6 Å². The Bertz CT molecular complexity index is 2220. The number of amides is 1. The van der Waals surface area contributed by atoms with Gasteiger partial charge in [0.05, 0.1) is 80.3 Å². The van der Waals surface area contributed by atoms with Crippen molar-refractivity contribution in [1.82, 2.24) is 14.5 Å². The van der Waals surface area contributed by atoms with Crippen LogP contribution in [0.4, 0.5) is 18.0 Å². The van der Waals surface area contributed by atoms with Gasteiger partial charge in [-0.25, -0.2) is 13.2 Å². The number of aliphatic hydroxyl groups excluding tert-OH is 2. The van der Waals surface area contributed by atoms with E-state index in [-0.39, 0.29) is 80.8 Å². The second kappa shape index (κ2) is 36.0. The summed E-state index contributed by atoms with van der Waals surface area (Å²) in [6.07, 6.45) is 0.529. The number of nitrogens with zero attached hydrogens (tertiary/aromatic N) is 2. The molecule has 0 aromatic heterocycles. The number of alkyl halides is 5. The third-order valence-corrected chi connectivity index (χ3v) is 19.6. The van der Waals surface area contributed by atoms with Gasteiger partial charge >= 0.3 is 44.5 Å². The monoisotopic (exact) mass is 1240 g/mol. The number of halogens is 5. The fourth-order valence-corrected chi connectivity index (χ4v) is 11.8. The van der Waals surface area contributed by atoms with E-state index in [0.717, 1.165) is 26.2 Å². The first-order chi connectivity index (χ1) is 35.0. The Labute approximate surface area is 455 Å². The average Bonchev–Trinajstić information content (AvgIpc) is 4.01. The lowest BCUT2D eigenvalue weighted by atomic mass is 9.96. The van der Waals surface area contributed by atoms with Crippen LogP contribution in [0.5, 0.6) is 5.75 Å². The first kappa shape index (κ1) is 74.5. The molecule has 3 heterocycles. The molecule has 0 aliphatic carbocycles. The quantitative estimate of drug-likeness (QED) is 0.0264. The molecule has 0 bridgehead atoms. The summed E-state index contributed by atoms with van der Waals surface area (Å²) in [6, 6.07) is 5.25. The first-order valence-electron chi connectivity index (χ1n) is 22.8. The van der Waals surface area contributed by atoms with Crippen molar-refractivity contribution in [2.45, 2.75) is 75.5 Å². The Morgan fingerprint density at radius 2 is 1.42 bits per heavy atom. The van der Waals surface area contributed by atoms with Gasteiger partial charge in [-0.2, -0.15) is 25.9 Å². The molecule has 2 fully saturated rings. The van der Waals surface area contributed by atoms with Crippen molar-refractivity contribution in [2.24, 2.45) is 11.8 Å². The highest BCUT2D eigenvalue weighted by Gasteiger charge is 2.48. The molecule has 5 atom stereocenters. The van der Waals surface area contributed by atoms with E-state index in [0.29, 0.717) is 38.4 Å². The van der Waals surface area contributed by atoms with E-state index in [2.05, 4.69) is 32.5 Å². The Morgan fingerprint density at radius 3 is 1.88 bits per heavy atom. The number of alkyl carbamates (subject to hydrolysis) is 1. The summed E-state index contributed by atoms with van der Waals surface area (Å²) in [7, 11) is -10.4. The van der Waals surface area contributed by atoms with Crippen molar-refractivity contribution >= 4 is 72.2 Å². The number of carbonyl (C=O) groups excluding carboxylic acids is 1. The molecule has 3 aliphatic heterocycles. The number of fused-ring (bicyclic) bond motifs is 1. The number of rotatable bonds is 27. The average molecular weight is 1250 g/mol. The highest BCUT2D eigenvalue weighted by Crippen LogP contribution is 2.47. The van der Waals surface area contributed by atoms with Gasteiger partial charge in [0, 0.05) is 75.4 Å². The number of aliphatic hydroxyl groups is 2. The van der Waals surface area contributed by atoms with Crippen LogP contribution in [-0.4, -0.2) is 205 Å². The molecule has 1 aromatic carbocycles. The molecule has 0 spiro atoms. The third-order valence-electron chi connectivity index (χ3n) is 11.2. The summed E-state index contributed by atoms with van der Waals surface area (Å²) >= 11 is 9.53. The SMILES string of the molecule is C.COP(=O)(CCO)OC.COP(=O)(CCOS(=O)(=O)C(F)(F)F)OC.COc1ccc(S(=O)(=O)N(CC(C)C)C[C@@H](O)[C@H](CC2=CCN(CCP(=O)(OC)OC)CC2)NC(=O)O[C@H]2CO[C@H]3OCC[C@H]32)cc1.ClCCl. The summed E-state index contributed by atoms with van der Waals surface area (Å²) in [6.45, 7) is 5.10. The summed E-state index contributed by atoms with van der Waals surface area (Å²) in [4.78, 5) is 15.4. The van der Waals surface area contributed by atoms with Crippen molar-refractivity contribution < 1.29 is 109 Å². The molecule has 4 rings (SSSR count). The number of nitrogens with one attached hydrogen (secondary N) is 1. The number of ether oxygens (including phenoxy) is 4. The molecule has 76 heavy (non-hydrogen) atoms. The van der Waals surface area contributed by atoms with Crippen molar-refractivity contribution in [3.05, 3.63) is 35.9 Å². The van der Waals surface area contributed by atoms with Crippen molar-refractivity contribution in [3.63, 3.8) is 0 Å². The minimum Gasteiger partial charge on any atom is -0.497 e. The molecule has 0 radical (unpaired) electrons. The van der Waals surface area contributed by atoms with Gasteiger partial charge in [-0.15, -0.1) is 23.2 Å². The van der Waals surface area contributed by atoms with Gasteiger partial charge in [0.1, 0.15) is 11.9 Å². The zero-order valence-corrected chi connectivity index (χ0v) is 49.1. The minimum absolute atomic E-state index is 0. The second-order valence-electron chi connectivity index (χ2n) is 16.4. The largest absolute Gasteiger partial charge is 0.523 e. The Hall–Kier alpha value is -1.53. The van der Waals surface area contributed by atoms with E-state index >= 15 is 0 Å². The second-order valence-corrected chi connectivity index (χ2v) is 28.0. The van der Waals surface area contributed by atoms with Gasteiger partial charge in [0.25, 0.3) is 0 Å². The third kappa shape index (κ3) is 25.5. The lowest BCUT2D eigenvalue weighted by Gasteiger charge is -2.33. The molecule has 34 heteroatoms. The first-order valence-corrected chi connectivity index (χ1v) is 31.9. The zero-order chi connectivity index (χ0) is 57.3. The number of carbonyl (C=O) groups is 1. The minimum atomic E-state index is -5.67. The number of benzene rings is 1. The standard InChI is InChI=1S/C31H50N3O11PS.C5H10F3O6PS.C4H11O4P.CH2Cl2.CH4/c1-22(2)19-34(47(38,39)25-8-6-24(40-3)7-9-25)20-28(35)27(32-31(36)45-29-21-44-30-26(29)12-16-43-30)18-23-10-13-33(14-11-23)15-17-46(37,41-4)42-5;1-12-15(9,13-2)4-3-14-16(10,11)5(6,7)8;1-7-9(6,8-2)4-3-5;2-1-3;/h6-10,22,26-30,35H,11-21H2,1-5H3,(H,32,36);3-4H2,1-2H3;5H,3-4H2,1-2H3;1H2;1H4/t26-,27-,28+,29-,30+;;;;/m0..../s1. The molecule has 3 aliphatic rings. The van der Waals surface area contributed by atoms with Crippen LogP contribution < -0.4 is 10.1 Å². The molecule has 0 saturated carbocycles. The maximum absolute atomic E-state index is 13.8. The van der Waals surface area contributed by atoms with Crippen LogP contribution in [0.2, 0.25) is 0 Å². The molecule has 1 amide bonds. The lowest BCUT2D eigenvalue weighted by Crippen LogP contribution is -2.51. The van der Waals surface area contributed by atoms with Crippen LogP contribution in [0.1, 0.15) is 40.5 Å². The topological polar surface area (TPSA) is 297 Å².